The normalized spacial score (nSPS) is 16.5. The zero-order valence-corrected chi connectivity index (χ0v) is 23.4. The SMILES string of the molecule is CC(C)C(C)B(/C=C/c1ccc(/C=C/B(C(C)C(C)C)C(C)C(C)C)cc1)C(C)C(C)C. The van der Waals surface area contributed by atoms with Crippen molar-refractivity contribution in [2.45, 2.75) is 106 Å². The lowest BCUT2D eigenvalue weighted by Gasteiger charge is -2.29. The number of hydrogen-bond donors (Lipinski definition) is 0. The van der Waals surface area contributed by atoms with E-state index in [0.29, 0.717) is 60.4 Å². The molecular formula is C30H52B2. The molecule has 0 aliphatic carbocycles. The Hall–Kier alpha value is -1.17. The van der Waals surface area contributed by atoms with Crippen LogP contribution in [0.25, 0.3) is 12.2 Å². The summed E-state index contributed by atoms with van der Waals surface area (Å²) < 4.78 is 0. The van der Waals surface area contributed by atoms with Crippen molar-refractivity contribution in [1.29, 1.82) is 0 Å². The summed E-state index contributed by atoms with van der Waals surface area (Å²) in [5.41, 5.74) is 2.61. The fourth-order valence-electron chi connectivity index (χ4n) is 4.60. The molecule has 0 bridgehead atoms. The lowest BCUT2D eigenvalue weighted by molar-refractivity contribution is 0.567. The van der Waals surface area contributed by atoms with Crippen molar-refractivity contribution in [1.82, 2.24) is 0 Å². The largest absolute Gasteiger partial charge is 0.172 e. The topological polar surface area (TPSA) is 0 Å². The molecule has 0 radical (unpaired) electrons. The summed E-state index contributed by atoms with van der Waals surface area (Å²) in [6.07, 6.45) is 4.70. The first-order valence-corrected chi connectivity index (χ1v) is 13.3. The van der Waals surface area contributed by atoms with Crippen LogP contribution in [0.3, 0.4) is 0 Å². The van der Waals surface area contributed by atoms with E-state index in [4.69, 9.17) is 0 Å². The van der Waals surface area contributed by atoms with Gasteiger partial charge in [0.2, 0.25) is 0 Å². The molecule has 0 fully saturated rings. The molecule has 0 heterocycles. The van der Waals surface area contributed by atoms with Crippen LogP contribution >= 0.6 is 0 Å². The minimum absolute atomic E-state index is 0.616. The molecule has 1 aromatic carbocycles. The van der Waals surface area contributed by atoms with Crippen molar-refractivity contribution >= 4 is 25.6 Å². The van der Waals surface area contributed by atoms with Gasteiger partial charge >= 0.3 is 0 Å². The quantitative estimate of drug-likeness (QED) is 0.287. The van der Waals surface area contributed by atoms with E-state index in [0.717, 1.165) is 0 Å². The third kappa shape index (κ3) is 8.64. The Labute approximate surface area is 202 Å². The highest BCUT2D eigenvalue weighted by atomic mass is 14.1. The first kappa shape index (κ1) is 28.9. The third-order valence-electron chi connectivity index (χ3n) is 8.59. The van der Waals surface area contributed by atoms with Gasteiger partial charge in [0.25, 0.3) is 0 Å². The van der Waals surface area contributed by atoms with Gasteiger partial charge in [0.15, 0.2) is 13.4 Å². The van der Waals surface area contributed by atoms with E-state index < -0.39 is 0 Å². The second kappa shape index (κ2) is 13.5. The summed E-state index contributed by atoms with van der Waals surface area (Å²) in [7, 11) is 0. The molecule has 0 saturated heterocycles. The van der Waals surface area contributed by atoms with E-state index in [9.17, 15) is 0 Å². The van der Waals surface area contributed by atoms with Gasteiger partial charge in [-0.2, -0.15) is 0 Å². The van der Waals surface area contributed by atoms with E-state index in [1.165, 1.54) is 11.1 Å². The van der Waals surface area contributed by atoms with Crippen molar-refractivity contribution in [2.75, 3.05) is 0 Å². The molecule has 0 aliphatic rings. The molecule has 32 heavy (non-hydrogen) atoms. The van der Waals surface area contributed by atoms with E-state index in [-0.39, 0.29) is 0 Å². The minimum atomic E-state index is 0.616. The summed E-state index contributed by atoms with van der Waals surface area (Å²) in [5, 5.41) is 0. The van der Waals surface area contributed by atoms with Crippen LogP contribution in [0.1, 0.15) is 94.2 Å². The first-order valence-electron chi connectivity index (χ1n) is 13.3. The van der Waals surface area contributed by atoms with E-state index >= 15 is 0 Å². The van der Waals surface area contributed by atoms with Gasteiger partial charge in [-0.15, -0.1) is 12.0 Å². The number of hydrogen-bond acceptors (Lipinski definition) is 0. The standard InChI is InChI=1S/C30H52B2/c1-21(2)25(9)31(26(10)22(3)4)19-17-29-13-15-30(16-14-29)18-20-32(27(11)23(5)6)28(12)24(7)8/h13-28H,1-12H3/b19-17+,20-18+. The number of benzene rings is 1. The Balaban J connectivity index is 3.01. The molecule has 2 heteroatoms. The van der Waals surface area contributed by atoms with Crippen LogP contribution < -0.4 is 0 Å². The van der Waals surface area contributed by atoms with Crippen molar-refractivity contribution < 1.29 is 0 Å². The molecule has 0 spiro atoms. The smallest absolute Gasteiger partial charge is 0.114 e. The fourth-order valence-corrected chi connectivity index (χ4v) is 4.60. The average Bonchev–Trinajstić information content (AvgIpc) is 2.73. The minimum Gasteiger partial charge on any atom is -0.114 e. The maximum absolute atomic E-state index is 2.48. The first-order chi connectivity index (χ1) is 14.9. The van der Waals surface area contributed by atoms with E-state index in [2.05, 4.69) is 131 Å². The van der Waals surface area contributed by atoms with Crippen LogP contribution in [0.2, 0.25) is 23.3 Å². The molecule has 0 nitrogen and oxygen atoms in total. The van der Waals surface area contributed by atoms with E-state index in [1.807, 2.05) is 0 Å². The molecule has 0 amide bonds. The van der Waals surface area contributed by atoms with Crippen molar-refractivity contribution in [3.05, 3.63) is 47.3 Å². The van der Waals surface area contributed by atoms with Crippen molar-refractivity contribution in [3.8, 4) is 0 Å². The average molecular weight is 434 g/mol. The summed E-state index contributed by atoms with van der Waals surface area (Å²) >= 11 is 0. The maximum atomic E-state index is 2.48. The molecule has 0 N–H and O–H groups in total. The van der Waals surface area contributed by atoms with Crippen LogP contribution in [0.5, 0.6) is 0 Å². The van der Waals surface area contributed by atoms with E-state index in [1.54, 1.807) is 0 Å². The van der Waals surface area contributed by atoms with Crippen LogP contribution in [0.4, 0.5) is 0 Å². The lowest BCUT2D eigenvalue weighted by atomic mass is 9.31. The molecular weight excluding hydrogens is 382 g/mol. The molecule has 4 atom stereocenters. The second-order valence-corrected chi connectivity index (χ2v) is 12.0. The van der Waals surface area contributed by atoms with Crippen molar-refractivity contribution in [2.24, 2.45) is 23.7 Å². The monoisotopic (exact) mass is 434 g/mol. The van der Waals surface area contributed by atoms with Crippen molar-refractivity contribution in [3.63, 3.8) is 0 Å². The summed E-state index contributed by atoms with van der Waals surface area (Å²) in [6, 6.07) is 9.11. The molecule has 178 valence electrons. The zero-order chi connectivity index (χ0) is 24.6. The Kier molecular flexibility index (Phi) is 12.2. The van der Waals surface area contributed by atoms with Gasteiger partial charge in [0.05, 0.1) is 0 Å². The summed E-state index contributed by atoms with van der Waals surface area (Å²) in [4.78, 5) is 0. The van der Waals surface area contributed by atoms with Crippen LogP contribution in [-0.4, -0.2) is 13.4 Å². The Morgan fingerprint density at radius 2 is 0.656 bits per heavy atom. The van der Waals surface area contributed by atoms with Gasteiger partial charge < -0.3 is 0 Å². The highest BCUT2D eigenvalue weighted by Crippen LogP contribution is 2.34. The van der Waals surface area contributed by atoms with Gasteiger partial charge in [-0.05, 0) is 11.1 Å². The van der Waals surface area contributed by atoms with Gasteiger partial charge in [-0.25, -0.2) is 0 Å². The molecule has 0 aliphatic heterocycles. The van der Waals surface area contributed by atoms with Crippen LogP contribution in [-0.2, 0) is 0 Å². The van der Waals surface area contributed by atoms with Gasteiger partial charge in [0, 0.05) is 0 Å². The summed E-state index contributed by atoms with van der Waals surface area (Å²) in [5.74, 6) is 10.5. The molecule has 0 aromatic heterocycles. The Morgan fingerprint density at radius 3 is 0.844 bits per heavy atom. The van der Waals surface area contributed by atoms with Crippen LogP contribution in [0.15, 0.2) is 36.2 Å². The second-order valence-electron chi connectivity index (χ2n) is 12.0. The van der Waals surface area contributed by atoms with Crippen LogP contribution in [0, 0.1) is 23.7 Å². The highest BCUT2D eigenvalue weighted by Gasteiger charge is 2.30. The predicted molar refractivity (Wildman–Crippen MR) is 153 cm³/mol. The third-order valence-corrected chi connectivity index (χ3v) is 8.59. The Morgan fingerprint density at radius 1 is 0.438 bits per heavy atom. The zero-order valence-electron chi connectivity index (χ0n) is 23.4. The molecule has 1 rings (SSSR count). The summed E-state index contributed by atoms with van der Waals surface area (Å²) in [6.45, 7) is 29.7. The number of rotatable bonds is 12. The predicted octanol–water partition coefficient (Wildman–Crippen LogP) is 9.97. The maximum Gasteiger partial charge on any atom is 0.172 e. The Bertz CT molecular complexity index is 607. The molecule has 0 saturated carbocycles. The lowest BCUT2D eigenvalue weighted by Crippen LogP contribution is -2.28. The highest BCUT2D eigenvalue weighted by molar-refractivity contribution is 6.68. The fraction of sp³-hybridized carbons (Fsp3) is 0.667. The van der Waals surface area contributed by atoms with Gasteiger partial charge in [-0.3, -0.25) is 0 Å². The molecule has 1 aromatic rings. The molecule has 4 unspecified atom stereocenters. The van der Waals surface area contributed by atoms with Gasteiger partial charge in [-0.1, -0.05) is 166 Å². The van der Waals surface area contributed by atoms with Gasteiger partial charge in [0.1, 0.15) is 0 Å².